The van der Waals surface area contributed by atoms with Crippen molar-refractivity contribution < 1.29 is 17.4 Å². The second-order valence-electron chi connectivity index (χ2n) is 3.59. The third kappa shape index (κ3) is 9.69. The molecule has 0 spiro atoms. The van der Waals surface area contributed by atoms with E-state index in [9.17, 15) is 13.2 Å². The van der Waals surface area contributed by atoms with Crippen LogP contribution in [0.1, 0.15) is 39.0 Å². The van der Waals surface area contributed by atoms with Crippen LogP contribution in [0.3, 0.4) is 0 Å². The lowest BCUT2D eigenvalue weighted by Gasteiger charge is -2.02. The third-order valence-electron chi connectivity index (χ3n) is 1.99. The van der Waals surface area contributed by atoms with E-state index in [4.69, 9.17) is 6.42 Å². The van der Waals surface area contributed by atoms with Crippen molar-refractivity contribution in [3.05, 3.63) is 0 Å². The molecule has 0 N–H and O–H groups in total. The van der Waals surface area contributed by atoms with Crippen molar-refractivity contribution in [1.82, 2.24) is 0 Å². The fourth-order valence-electron chi connectivity index (χ4n) is 1.19. The van der Waals surface area contributed by atoms with Crippen molar-refractivity contribution in [3.8, 4) is 12.3 Å². The lowest BCUT2D eigenvalue weighted by atomic mass is 10.1. The molecular formula is C11H18O4S. The molecule has 0 aliphatic heterocycles. The summed E-state index contributed by atoms with van der Waals surface area (Å²) in [6.07, 6.45) is 8.47. The van der Waals surface area contributed by atoms with Crippen LogP contribution in [0.2, 0.25) is 0 Å². The minimum atomic E-state index is -3.46. The van der Waals surface area contributed by atoms with Gasteiger partial charge in [0.25, 0.3) is 10.1 Å². The van der Waals surface area contributed by atoms with Crippen LogP contribution in [-0.4, -0.2) is 26.6 Å². The molecule has 0 aromatic carbocycles. The minimum Gasteiger partial charge on any atom is -0.300 e. The van der Waals surface area contributed by atoms with Crippen LogP contribution in [0.15, 0.2) is 0 Å². The van der Waals surface area contributed by atoms with Crippen molar-refractivity contribution in [2.45, 2.75) is 39.0 Å². The lowest BCUT2D eigenvalue weighted by molar-refractivity contribution is -0.117. The molecule has 0 heterocycles. The molecule has 0 atom stereocenters. The van der Waals surface area contributed by atoms with Gasteiger partial charge in [-0.25, -0.2) is 0 Å². The maximum absolute atomic E-state index is 11.2. The minimum absolute atomic E-state index is 0.00521. The number of unbranched alkanes of at least 4 members (excludes halogenated alkanes) is 3. The predicted octanol–water partition coefficient (Wildman–Crippen LogP) is 1.51. The molecule has 0 saturated heterocycles. The van der Waals surface area contributed by atoms with Crippen LogP contribution >= 0.6 is 0 Å². The largest absolute Gasteiger partial charge is 0.300 e. The van der Waals surface area contributed by atoms with E-state index in [1.54, 1.807) is 6.92 Å². The maximum Gasteiger partial charge on any atom is 0.268 e. The van der Waals surface area contributed by atoms with E-state index in [0.717, 1.165) is 19.3 Å². The second kappa shape index (κ2) is 8.31. The summed E-state index contributed by atoms with van der Waals surface area (Å²) < 4.78 is 26.8. The summed E-state index contributed by atoms with van der Waals surface area (Å²) in [5, 5.41) is 0. The van der Waals surface area contributed by atoms with Gasteiger partial charge in [0, 0.05) is 6.42 Å². The van der Waals surface area contributed by atoms with Crippen LogP contribution in [0.5, 0.6) is 0 Å². The highest BCUT2D eigenvalue weighted by molar-refractivity contribution is 7.86. The number of ketones is 1. The monoisotopic (exact) mass is 246 g/mol. The number of Topliss-reactive ketones (excluding diaryl/α,β-unsaturated/α-hetero) is 1. The molecule has 92 valence electrons. The summed E-state index contributed by atoms with van der Waals surface area (Å²) in [6.45, 7) is 1.35. The van der Waals surface area contributed by atoms with E-state index >= 15 is 0 Å². The highest BCUT2D eigenvalue weighted by atomic mass is 32.2. The number of rotatable bonds is 9. The zero-order valence-corrected chi connectivity index (χ0v) is 10.4. The first-order chi connectivity index (χ1) is 7.48. The summed E-state index contributed by atoms with van der Waals surface area (Å²) in [5.74, 6) is 2.27. The molecule has 0 aliphatic rings. The number of hydrogen-bond acceptors (Lipinski definition) is 4. The van der Waals surface area contributed by atoms with Gasteiger partial charge in [-0.1, -0.05) is 18.8 Å². The normalized spacial score (nSPS) is 11.0. The van der Waals surface area contributed by atoms with Gasteiger partial charge >= 0.3 is 0 Å². The van der Waals surface area contributed by atoms with E-state index in [-0.39, 0.29) is 18.1 Å². The lowest BCUT2D eigenvalue weighted by Crippen LogP contribution is -2.10. The average Bonchev–Trinajstić information content (AvgIpc) is 2.20. The van der Waals surface area contributed by atoms with Gasteiger partial charge in [0.05, 0.1) is 5.75 Å². The quantitative estimate of drug-likeness (QED) is 0.351. The first-order valence-corrected chi connectivity index (χ1v) is 6.85. The smallest absolute Gasteiger partial charge is 0.268 e. The van der Waals surface area contributed by atoms with E-state index in [2.05, 4.69) is 10.1 Å². The Labute approximate surface area is 97.5 Å². The Bertz CT molecular complexity index is 337. The van der Waals surface area contributed by atoms with Crippen molar-refractivity contribution in [1.29, 1.82) is 0 Å². The number of terminal acetylenes is 1. The fourth-order valence-corrected chi connectivity index (χ4v) is 2.11. The second-order valence-corrected chi connectivity index (χ2v) is 5.35. The maximum atomic E-state index is 11.2. The Kier molecular flexibility index (Phi) is 7.86. The summed E-state index contributed by atoms with van der Waals surface area (Å²) in [7, 11) is -3.46. The zero-order valence-electron chi connectivity index (χ0n) is 9.57. The van der Waals surface area contributed by atoms with Crippen molar-refractivity contribution in [3.63, 3.8) is 0 Å². The molecule has 0 rings (SSSR count). The molecule has 0 bridgehead atoms. The van der Waals surface area contributed by atoms with Gasteiger partial charge in [-0.3, -0.25) is 4.18 Å². The Balaban J connectivity index is 3.51. The van der Waals surface area contributed by atoms with Crippen molar-refractivity contribution in [2.24, 2.45) is 0 Å². The molecule has 0 radical (unpaired) electrons. The Morgan fingerprint density at radius 2 is 1.88 bits per heavy atom. The number of carbonyl (C=O) groups excluding carboxylic acids is 1. The van der Waals surface area contributed by atoms with E-state index in [1.165, 1.54) is 0 Å². The summed E-state index contributed by atoms with van der Waals surface area (Å²) in [6, 6.07) is 0. The topological polar surface area (TPSA) is 60.4 Å². The molecule has 0 fully saturated rings. The van der Waals surface area contributed by atoms with Crippen molar-refractivity contribution >= 4 is 15.9 Å². The predicted molar refractivity (Wildman–Crippen MR) is 62.3 cm³/mol. The van der Waals surface area contributed by atoms with Crippen LogP contribution in [-0.2, 0) is 19.1 Å². The zero-order chi connectivity index (χ0) is 12.4. The first kappa shape index (κ1) is 15.1. The van der Waals surface area contributed by atoms with E-state index in [0.29, 0.717) is 12.8 Å². The molecule has 0 saturated carbocycles. The molecule has 0 aliphatic carbocycles. The van der Waals surface area contributed by atoms with Crippen molar-refractivity contribution in [2.75, 3.05) is 12.4 Å². The van der Waals surface area contributed by atoms with E-state index in [1.807, 2.05) is 0 Å². The van der Waals surface area contributed by atoms with Gasteiger partial charge in [0.2, 0.25) is 0 Å². The first-order valence-electron chi connectivity index (χ1n) is 5.28. The van der Waals surface area contributed by atoms with Crippen LogP contribution in [0.25, 0.3) is 0 Å². The van der Waals surface area contributed by atoms with Crippen LogP contribution < -0.4 is 0 Å². The van der Waals surface area contributed by atoms with E-state index < -0.39 is 10.1 Å². The SMILES string of the molecule is C#CCOS(=O)(=O)CCCCCCC(C)=O. The summed E-state index contributed by atoms with van der Waals surface area (Å²) >= 11 is 0. The van der Waals surface area contributed by atoms with Crippen LogP contribution in [0, 0.1) is 12.3 Å². The molecular weight excluding hydrogens is 228 g/mol. The summed E-state index contributed by atoms with van der Waals surface area (Å²) in [5.41, 5.74) is 0. The third-order valence-corrected chi connectivity index (χ3v) is 3.26. The van der Waals surface area contributed by atoms with Gasteiger partial charge in [0.1, 0.15) is 12.4 Å². The van der Waals surface area contributed by atoms with Gasteiger partial charge in [0.15, 0.2) is 0 Å². The Hall–Kier alpha value is -0.860. The number of hydrogen-bond donors (Lipinski definition) is 0. The highest BCUT2D eigenvalue weighted by Gasteiger charge is 2.09. The van der Waals surface area contributed by atoms with Gasteiger partial charge in [-0.05, 0) is 19.8 Å². The number of carbonyl (C=O) groups is 1. The molecule has 5 heteroatoms. The average molecular weight is 246 g/mol. The fraction of sp³-hybridized carbons (Fsp3) is 0.727. The Morgan fingerprint density at radius 1 is 1.25 bits per heavy atom. The Morgan fingerprint density at radius 3 is 2.44 bits per heavy atom. The molecule has 16 heavy (non-hydrogen) atoms. The molecule has 0 amide bonds. The van der Waals surface area contributed by atoms with Gasteiger partial charge < -0.3 is 4.79 Å². The highest BCUT2D eigenvalue weighted by Crippen LogP contribution is 2.06. The van der Waals surface area contributed by atoms with Gasteiger partial charge in [-0.15, -0.1) is 6.42 Å². The summed E-state index contributed by atoms with van der Waals surface area (Å²) in [4.78, 5) is 10.6. The standard InChI is InChI=1S/C11H18O4S/c1-3-9-15-16(13,14)10-7-5-4-6-8-11(2)12/h1H,4-10H2,2H3. The molecule has 4 nitrogen and oxygen atoms in total. The van der Waals surface area contributed by atoms with Crippen LogP contribution in [0.4, 0.5) is 0 Å². The molecule has 0 aromatic rings. The van der Waals surface area contributed by atoms with Gasteiger partial charge in [-0.2, -0.15) is 8.42 Å². The molecule has 0 aromatic heterocycles. The molecule has 0 unspecified atom stereocenters.